The summed E-state index contributed by atoms with van der Waals surface area (Å²) in [6.07, 6.45) is 9.93. The van der Waals surface area contributed by atoms with Gasteiger partial charge < -0.3 is 5.32 Å². The molecule has 1 unspecified atom stereocenters. The summed E-state index contributed by atoms with van der Waals surface area (Å²) in [5, 5.41) is 3.27. The van der Waals surface area contributed by atoms with Crippen LogP contribution in [0.4, 0.5) is 0 Å². The first-order valence-corrected chi connectivity index (χ1v) is 9.38. The van der Waals surface area contributed by atoms with Crippen molar-refractivity contribution in [1.29, 1.82) is 0 Å². The molecule has 0 heterocycles. The summed E-state index contributed by atoms with van der Waals surface area (Å²) in [5.41, 5.74) is 0.349. The summed E-state index contributed by atoms with van der Waals surface area (Å²) in [7, 11) is 0. The van der Waals surface area contributed by atoms with Gasteiger partial charge in [0.2, 0.25) is 5.91 Å². The standard InChI is InChI=1S/C18H30ClNO/c1-12(2)16(3-4-19)20-17(21)11-18-8-13-5-14(9-18)7-15(6-13)10-18/h12-16H,3-11H2,1-2H3,(H,20,21). The lowest BCUT2D eigenvalue weighted by molar-refractivity contribution is -0.130. The number of nitrogens with one attached hydrogen (secondary N) is 1. The van der Waals surface area contributed by atoms with E-state index >= 15 is 0 Å². The van der Waals surface area contributed by atoms with Gasteiger partial charge in [0.15, 0.2) is 0 Å². The Hall–Kier alpha value is -0.240. The normalized spacial score (nSPS) is 38.8. The van der Waals surface area contributed by atoms with Crippen LogP contribution in [-0.4, -0.2) is 17.8 Å². The van der Waals surface area contributed by atoms with Gasteiger partial charge in [-0.2, -0.15) is 0 Å². The Balaban J connectivity index is 1.59. The molecule has 4 aliphatic rings. The predicted molar refractivity (Wildman–Crippen MR) is 87.3 cm³/mol. The zero-order chi connectivity index (χ0) is 15.0. The van der Waals surface area contributed by atoms with Crippen molar-refractivity contribution in [3.8, 4) is 0 Å². The van der Waals surface area contributed by atoms with Crippen molar-refractivity contribution in [3.05, 3.63) is 0 Å². The molecule has 1 N–H and O–H groups in total. The number of hydrogen-bond acceptors (Lipinski definition) is 1. The van der Waals surface area contributed by atoms with Crippen LogP contribution in [0.15, 0.2) is 0 Å². The van der Waals surface area contributed by atoms with Crippen molar-refractivity contribution < 1.29 is 4.79 Å². The first-order valence-electron chi connectivity index (χ1n) is 8.85. The maximum absolute atomic E-state index is 12.6. The molecule has 0 saturated heterocycles. The zero-order valence-electron chi connectivity index (χ0n) is 13.5. The van der Waals surface area contributed by atoms with Crippen LogP contribution in [-0.2, 0) is 4.79 Å². The molecule has 0 aromatic rings. The van der Waals surface area contributed by atoms with E-state index < -0.39 is 0 Å². The van der Waals surface area contributed by atoms with E-state index in [4.69, 9.17) is 11.6 Å². The van der Waals surface area contributed by atoms with E-state index in [1.165, 1.54) is 38.5 Å². The zero-order valence-corrected chi connectivity index (χ0v) is 14.3. The summed E-state index contributed by atoms with van der Waals surface area (Å²) < 4.78 is 0. The number of carbonyl (C=O) groups is 1. The molecule has 0 radical (unpaired) electrons. The van der Waals surface area contributed by atoms with E-state index in [-0.39, 0.29) is 11.9 Å². The first kappa shape index (κ1) is 15.6. The number of rotatable bonds is 6. The molecule has 4 bridgehead atoms. The van der Waals surface area contributed by atoms with Crippen LogP contribution < -0.4 is 5.32 Å². The second-order valence-corrected chi connectivity index (χ2v) is 8.87. The van der Waals surface area contributed by atoms with E-state index in [2.05, 4.69) is 19.2 Å². The molecule has 4 saturated carbocycles. The summed E-state index contributed by atoms with van der Waals surface area (Å²) in [6.45, 7) is 4.34. The molecule has 1 atom stereocenters. The Kier molecular flexibility index (Phi) is 4.55. The van der Waals surface area contributed by atoms with Gasteiger partial charge in [0, 0.05) is 18.3 Å². The maximum atomic E-state index is 12.6. The van der Waals surface area contributed by atoms with Gasteiger partial charge in [0.05, 0.1) is 0 Å². The fourth-order valence-corrected chi connectivity index (χ4v) is 6.03. The minimum absolute atomic E-state index is 0.240. The lowest BCUT2D eigenvalue weighted by atomic mass is 9.49. The number of alkyl halides is 1. The molecule has 3 heteroatoms. The minimum Gasteiger partial charge on any atom is -0.353 e. The van der Waals surface area contributed by atoms with E-state index in [1.54, 1.807) is 0 Å². The summed E-state index contributed by atoms with van der Waals surface area (Å²) in [6, 6.07) is 0.240. The SMILES string of the molecule is CC(C)C(CCCl)NC(=O)CC12CC3CC(CC(C3)C1)C2. The Bertz CT molecular complexity index is 357. The maximum Gasteiger partial charge on any atom is 0.220 e. The lowest BCUT2D eigenvalue weighted by Crippen LogP contribution is -2.49. The molecule has 0 aliphatic heterocycles. The fraction of sp³-hybridized carbons (Fsp3) is 0.944. The van der Waals surface area contributed by atoms with Crippen LogP contribution in [0.1, 0.15) is 65.2 Å². The molecule has 1 amide bonds. The molecule has 4 aliphatic carbocycles. The van der Waals surface area contributed by atoms with E-state index in [0.717, 1.165) is 30.6 Å². The number of carbonyl (C=O) groups excluding carboxylic acids is 1. The third-order valence-electron chi connectivity index (χ3n) is 6.27. The van der Waals surface area contributed by atoms with Crippen LogP contribution in [0.3, 0.4) is 0 Å². The van der Waals surface area contributed by atoms with Gasteiger partial charge in [0.25, 0.3) is 0 Å². The van der Waals surface area contributed by atoms with Crippen LogP contribution in [0.5, 0.6) is 0 Å². The summed E-state index contributed by atoms with van der Waals surface area (Å²) >= 11 is 5.87. The van der Waals surface area contributed by atoms with Crippen LogP contribution in [0.2, 0.25) is 0 Å². The van der Waals surface area contributed by atoms with E-state index in [9.17, 15) is 4.79 Å². The van der Waals surface area contributed by atoms with Gasteiger partial charge in [0.1, 0.15) is 0 Å². The highest BCUT2D eigenvalue weighted by molar-refractivity contribution is 6.17. The largest absolute Gasteiger partial charge is 0.353 e. The van der Waals surface area contributed by atoms with Gasteiger partial charge in [-0.05, 0) is 74.0 Å². The molecule has 21 heavy (non-hydrogen) atoms. The molecule has 120 valence electrons. The van der Waals surface area contributed by atoms with E-state index in [0.29, 0.717) is 17.2 Å². The number of halogens is 1. The van der Waals surface area contributed by atoms with Gasteiger partial charge in [-0.1, -0.05) is 13.8 Å². The third-order valence-corrected chi connectivity index (χ3v) is 6.49. The highest BCUT2D eigenvalue weighted by Crippen LogP contribution is 2.61. The van der Waals surface area contributed by atoms with Crippen molar-refractivity contribution in [2.45, 2.75) is 71.3 Å². The second-order valence-electron chi connectivity index (χ2n) is 8.49. The summed E-state index contributed by atoms with van der Waals surface area (Å²) in [5.74, 6) is 4.14. The quantitative estimate of drug-likeness (QED) is 0.725. The Morgan fingerprint density at radius 1 is 1.14 bits per heavy atom. The van der Waals surface area contributed by atoms with Crippen molar-refractivity contribution in [2.24, 2.45) is 29.1 Å². The van der Waals surface area contributed by atoms with Crippen LogP contribution >= 0.6 is 11.6 Å². The molecule has 4 fully saturated rings. The molecule has 2 nitrogen and oxygen atoms in total. The number of hydrogen-bond donors (Lipinski definition) is 1. The predicted octanol–water partition coefficient (Wildman–Crippen LogP) is 4.36. The molecule has 0 spiro atoms. The Labute approximate surface area is 134 Å². The van der Waals surface area contributed by atoms with Crippen molar-refractivity contribution in [3.63, 3.8) is 0 Å². The fourth-order valence-electron chi connectivity index (χ4n) is 5.79. The molecule has 0 aromatic heterocycles. The third kappa shape index (κ3) is 3.41. The van der Waals surface area contributed by atoms with Crippen molar-refractivity contribution >= 4 is 17.5 Å². The molecule has 0 aromatic carbocycles. The van der Waals surface area contributed by atoms with Crippen molar-refractivity contribution in [1.82, 2.24) is 5.32 Å². The van der Waals surface area contributed by atoms with Gasteiger partial charge in [-0.3, -0.25) is 4.79 Å². The first-order chi connectivity index (χ1) is 9.99. The summed E-state index contributed by atoms with van der Waals surface area (Å²) in [4.78, 5) is 12.6. The lowest BCUT2D eigenvalue weighted by Gasteiger charge is -2.56. The van der Waals surface area contributed by atoms with Crippen LogP contribution in [0.25, 0.3) is 0 Å². The Morgan fingerprint density at radius 3 is 2.10 bits per heavy atom. The van der Waals surface area contributed by atoms with Gasteiger partial charge in [-0.15, -0.1) is 11.6 Å². The topological polar surface area (TPSA) is 29.1 Å². The average molecular weight is 312 g/mol. The molecular weight excluding hydrogens is 282 g/mol. The smallest absolute Gasteiger partial charge is 0.220 e. The van der Waals surface area contributed by atoms with Crippen molar-refractivity contribution in [2.75, 3.05) is 5.88 Å². The van der Waals surface area contributed by atoms with E-state index in [1.807, 2.05) is 0 Å². The molecule has 4 rings (SSSR count). The monoisotopic (exact) mass is 311 g/mol. The molecular formula is C18H30ClNO. The highest BCUT2D eigenvalue weighted by Gasteiger charge is 2.51. The highest BCUT2D eigenvalue weighted by atomic mass is 35.5. The minimum atomic E-state index is 0.240. The second kappa shape index (κ2) is 6.10. The van der Waals surface area contributed by atoms with Gasteiger partial charge >= 0.3 is 0 Å². The van der Waals surface area contributed by atoms with Gasteiger partial charge in [-0.25, -0.2) is 0 Å². The number of amides is 1. The Morgan fingerprint density at radius 2 is 1.67 bits per heavy atom. The average Bonchev–Trinajstić information content (AvgIpc) is 2.35. The van der Waals surface area contributed by atoms with Crippen LogP contribution in [0, 0.1) is 29.1 Å².